The minimum Gasteiger partial charge on any atom is -0.354 e. The topological polar surface area (TPSA) is 61.4 Å². The minimum absolute atomic E-state index is 0. The van der Waals surface area contributed by atoms with Gasteiger partial charge in [0.1, 0.15) is 0 Å². The first-order chi connectivity index (χ1) is 10.1. The number of amides is 2. The fourth-order valence-electron chi connectivity index (χ4n) is 2.48. The van der Waals surface area contributed by atoms with Gasteiger partial charge in [-0.2, -0.15) is 0 Å². The molecular formula is C16H24ClN3O2. The summed E-state index contributed by atoms with van der Waals surface area (Å²) in [5.74, 6) is 0.0732. The Morgan fingerprint density at radius 1 is 1.36 bits per heavy atom. The van der Waals surface area contributed by atoms with Crippen LogP contribution in [-0.2, 0) is 11.2 Å². The van der Waals surface area contributed by atoms with Crippen LogP contribution >= 0.6 is 12.4 Å². The first kappa shape index (κ1) is 18.5. The van der Waals surface area contributed by atoms with E-state index in [4.69, 9.17) is 0 Å². The van der Waals surface area contributed by atoms with Crippen LogP contribution in [0, 0.1) is 0 Å². The summed E-state index contributed by atoms with van der Waals surface area (Å²) in [5.41, 5.74) is 1.74. The van der Waals surface area contributed by atoms with Crippen molar-refractivity contribution in [1.29, 1.82) is 0 Å². The van der Waals surface area contributed by atoms with Crippen molar-refractivity contribution < 1.29 is 9.59 Å². The SMILES string of the molecule is CN(C)C(=O)c1cccc(CCNC(=O)C2CCCN2)c1.Cl. The van der Waals surface area contributed by atoms with Gasteiger partial charge >= 0.3 is 0 Å². The first-order valence-corrected chi connectivity index (χ1v) is 7.39. The van der Waals surface area contributed by atoms with E-state index < -0.39 is 0 Å². The number of hydrogen-bond acceptors (Lipinski definition) is 3. The number of benzene rings is 1. The second-order valence-electron chi connectivity index (χ2n) is 5.59. The lowest BCUT2D eigenvalue weighted by Gasteiger charge is -2.12. The molecule has 5 nitrogen and oxygen atoms in total. The molecule has 0 saturated carbocycles. The molecule has 0 radical (unpaired) electrons. The van der Waals surface area contributed by atoms with Gasteiger partial charge in [-0.15, -0.1) is 12.4 Å². The zero-order chi connectivity index (χ0) is 15.2. The predicted octanol–water partition coefficient (Wildman–Crippen LogP) is 1.22. The van der Waals surface area contributed by atoms with Crippen molar-refractivity contribution in [1.82, 2.24) is 15.5 Å². The van der Waals surface area contributed by atoms with Gasteiger partial charge in [-0.1, -0.05) is 12.1 Å². The average Bonchev–Trinajstić information content (AvgIpc) is 3.01. The molecule has 1 unspecified atom stereocenters. The third-order valence-electron chi connectivity index (χ3n) is 3.67. The first-order valence-electron chi connectivity index (χ1n) is 7.39. The Kier molecular flexibility index (Phi) is 7.35. The number of hydrogen-bond donors (Lipinski definition) is 2. The average molecular weight is 326 g/mol. The highest BCUT2D eigenvalue weighted by atomic mass is 35.5. The molecule has 1 aliphatic rings. The molecule has 1 aliphatic heterocycles. The van der Waals surface area contributed by atoms with Crippen LogP contribution in [0.1, 0.15) is 28.8 Å². The van der Waals surface area contributed by atoms with Gasteiger partial charge in [0, 0.05) is 26.2 Å². The summed E-state index contributed by atoms with van der Waals surface area (Å²) in [6, 6.07) is 7.53. The molecule has 1 aromatic carbocycles. The third-order valence-corrected chi connectivity index (χ3v) is 3.67. The molecule has 22 heavy (non-hydrogen) atoms. The van der Waals surface area contributed by atoms with Crippen molar-refractivity contribution in [2.24, 2.45) is 0 Å². The van der Waals surface area contributed by atoms with Gasteiger partial charge < -0.3 is 15.5 Å². The van der Waals surface area contributed by atoms with Crippen LogP contribution in [0.3, 0.4) is 0 Å². The zero-order valence-corrected chi connectivity index (χ0v) is 13.9. The maximum Gasteiger partial charge on any atom is 0.253 e. The number of carbonyl (C=O) groups is 2. The summed E-state index contributed by atoms with van der Waals surface area (Å²) in [6.07, 6.45) is 2.71. The molecule has 0 bridgehead atoms. The van der Waals surface area contributed by atoms with Crippen LogP contribution in [-0.4, -0.2) is 49.9 Å². The standard InChI is InChI=1S/C16H23N3O2.ClH/c1-19(2)16(21)13-6-3-5-12(11-13)8-10-18-15(20)14-7-4-9-17-14;/h3,5-6,11,14,17H,4,7-10H2,1-2H3,(H,18,20);1H. The molecule has 6 heteroatoms. The number of carbonyl (C=O) groups excluding carboxylic acids is 2. The van der Waals surface area contributed by atoms with Crippen molar-refractivity contribution in [2.45, 2.75) is 25.3 Å². The summed E-state index contributed by atoms with van der Waals surface area (Å²) in [6.45, 7) is 1.52. The largest absolute Gasteiger partial charge is 0.354 e. The van der Waals surface area contributed by atoms with Gasteiger partial charge in [-0.25, -0.2) is 0 Å². The normalized spacial score (nSPS) is 16.7. The predicted molar refractivity (Wildman–Crippen MR) is 89.4 cm³/mol. The molecule has 0 aliphatic carbocycles. The van der Waals surface area contributed by atoms with Crippen LogP contribution in [0.15, 0.2) is 24.3 Å². The second-order valence-corrected chi connectivity index (χ2v) is 5.59. The summed E-state index contributed by atoms with van der Waals surface area (Å²) in [5, 5.41) is 6.13. The number of halogens is 1. The van der Waals surface area contributed by atoms with Crippen LogP contribution < -0.4 is 10.6 Å². The highest BCUT2D eigenvalue weighted by molar-refractivity contribution is 5.94. The highest BCUT2D eigenvalue weighted by Crippen LogP contribution is 2.08. The van der Waals surface area contributed by atoms with Crippen LogP contribution in [0.5, 0.6) is 0 Å². The molecule has 2 amide bonds. The highest BCUT2D eigenvalue weighted by Gasteiger charge is 2.21. The van der Waals surface area contributed by atoms with E-state index >= 15 is 0 Å². The summed E-state index contributed by atoms with van der Waals surface area (Å²) < 4.78 is 0. The van der Waals surface area contributed by atoms with E-state index in [1.807, 2.05) is 24.3 Å². The molecular weight excluding hydrogens is 302 g/mol. The molecule has 1 fully saturated rings. The van der Waals surface area contributed by atoms with Crippen molar-refractivity contribution in [2.75, 3.05) is 27.2 Å². The Balaban J connectivity index is 0.00000242. The fraction of sp³-hybridized carbons (Fsp3) is 0.500. The van der Waals surface area contributed by atoms with Gasteiger partial charge in [-0.3, -0.25) is 9.59 Å². The molecule has 2 N–H and O–H groups in total. The van der Waals surface area contributed by atoms with Crippen LogP contribution in [0.4, 0.5) is 0 Å². The van der Waals surface area contributed by atoms with E-state index in [1.54, 1.807) is 19.0 Å². The molecule has 1 atom stereocenters. The summed E-state index contributed by atoms with van der Waals surface area (Å²) in [4.78, 5) is 25.3. The van der Waals surface area contributed by atoms with E-state index in [0.717, 1.165) is 31.4 Å². The molecule has 122 valence electrons. The Labute approximate surface area is 137 Å². The monoisotopic (exact) mass is 325 g/mol. The zero-order valence-electron chi connectivity index (χ0n) is 13.1. The van der Waals surface area contributed by atoms with Crippen LogP contribution in [0.25, 0.3) is 0 Å². The fourth-order valence-corrected chi connectivity index (χ4v) is 2.48. The van der Waals surface area contributed by atoms with E-state index in [9.17, 15) is 9.59 Å². The molecule has 1 heterocycles. The van der Waals surface area contributed by atoms with Gasteiger partial charge in [0.25, 0.3) is 5.91 Å². The summed E-state index contributed by atoms with van der Waals surface area (Å²) >= 11 is 0. The van der Waals surface area contributed by atoms with Gasteiger partial charge in [0.15, 0.2) is 0 Å². The molecule has 0 spiro atoms. The van der Waals surface area contributed by atoms with E-state index in [-0.39, 0.29) is 30.3 Å². The molecule has 0 aromatic heterocycles. The molecule has 2 rings (SSSR count). The van der Waals surface area contributed by atoms with Crippen molar-refractivity contribution in [3.05, 3.63) is 35.4 Å². The summed E-state index contributed by atoms with van der Waals surface area (Å²) in [7, 11) is 3.48. The Morgan fingerprint density at radius 3 is 2.77 bits per heavy atom. The second kappa shape index (κ2) is 8.76. The van der Waals surface area contributed by atoms with Crippen molar-refractivity contribution >= 4 is 24.2 Å². The molecule has 1 saturated heterocycles. The third kappa shape index (κ3) is 5.00. The smallest absolute Gasteiger partial charge is 0.253 e. The number of nitrogens with zero attached hydrogens (tertiary/aromatic N) is 1. The van der Waals surface area contributed by atoms with Gasteiger partial charge in [0.05, 0.1) is 6.04 Å². The minimum atomic E-state index is -0.0355. The Morgan fingerprint density at radius 2 is 2.14 bits per heavy atom. The molecule has 1 aromatic rings. The Bertz CT molecular complexity index is 514. The lowest BCUT2D eigenvalue weighted by Crippen LogP contribution is -2.41. The maximum atomic E-state index is 11.9. The number of rotatable bonds is 5. The quantitative estimate of drug-likeness (QED) is 0.855. The lowest BCUT2D eigenvalue weighted by atomic mass is 10.1. The van der Waals surface area contributed by atoms with Crippen molar-refractivity contribution in [3.63, 3.8) is 0 Å². The van der Waals surface area contributed by atoms with Crippen LogP contribution in [0.2, 0.25) is 0 Å². The van der Waals surface area contributed by atoms with Gasteiger partial charge in [-0.05, 0) is 43.5 Å². The number of nitrogens with one attached hydrogen (secondary N) is 2. The van der Waals surface area contributed by atoms with E-state index in [2.05, 4.69) is 10.6 Å². The van der Waals surface area contributed by atoms with Crippen molar-refractivity contribution in [3.8, 4) is 0 Å². The van der Waals surface area contributed by atoms with E-state index in [1.165, 1.54) is 0 Å². The van der Waals surface area contributed by atoms with Gasteiger partial charge in [0.2, 0.25) is 5.91 Å². The lowest BCUT2D eigenvalue weighted by molar-refractivity contribution is -0.122. The maximum absolute atomic E-state index is 11.9. The Hall–Kier alpha value is -1.59. The van der Waals surface area contributed by atoms with E-state index in [0.29, 0.717) is 12.1 Å².